The third kappa shape index (κ3) is 3.33. The molecule has 1 unspecified atom stereocenters. The monoisotopic (exact) mass is 228 g/mol. The van der Waals surface area contributed by atoms with Crippen LogP contribution in [-0.4, -0.2) is 13.1 Å². The van der Waals surface area contributed by atoms with E-state index in [0.29, 0.717) is 6.54 Å². The standard InChI is InChI=1S/C15H20N2/c1-2-3-10-17-15(11-16)14-8-6-13(7-9-14)12-4-5-12/h1,6-9,12,15,17H,3-5,10-11,16H2. The second-order valence-corrected chi connectivity index (χ2v) is 4.64. The summed E-state index contributed by atoms with van der Waals surface area (Å²) in [5.41, 5.74) is 8.51. The van der Waals surface area contributed by atoms with Crippen LogP contribution in [0.2, 0.25) is 0 Å². The first-order valence-electron chi connectivity index (χ1n) is 6.32. The molecule has 2 rings (SSSR count). The maximum Gasteiger partial charge on any atom is 0.0444 e. The summed E-state index contributed by atoms with van der Waals surface area (Å²) < 4.78 is 0. The van der Waals surface area contributed by atoms with Crippen LogP contribution in [0.25, 0.3) is 0 Å². The first kappa shape index (κ1) is 12.2. The van der Waals surface area contributed by atoms with Crippen LogP contribution >= 0.6 is 0 Å². The van der Waals surface area contributed by atoms with E-state index >= 15 is 0 Å². The molecule has 0 aliphatic heterocycles. The van der Waals surface area contributed by atoms with Crippen LogP contribution in [0.15, 0.2) is 24.3 Å². The summed E-state index contributed by atoms with van der Waals surface area (Å²) >= 11 is 0. The molecule has 2 heteroatoms. The van der Waals surface area contributed by atoms with E-state index in [9.17, 15) is 0 Å². The number of terminal acetylenes is 1. The fourth-order valence-electron chi connectivity index (χ4n) is 2.07. The molecule has 0 spiro atoms. The summed E-state index contributed by atoms with van der Waals surface area (Å²) in [7, 11) is 0. The third-order valence-electron chi connectivity index (χ3n) is 3.28. The lowest BCUT2D eigenvalue weighted by Crippen LogP contribution is -2.28. The number of nitrogens with two attached hydrogens (primary N) is 1. The SMILES string of the molecule is C#CCCNC(CN)c1ccc(C2CC2)cc1. The third-order valence-corrected chi connectivity index (χ3v) is 3.28. The molecular weight excluding hydrogens is 208 g/mol. The zero-order valence-electron chi connectivity index (χ0n) is 10.2. The van der Waals surface area contributed by atoms with Gasteiger partial charge in [0.1, 0.15) is 0 Å². The number of nitrogens with one attached hydrogen (secondary N) is 1. The van der Waals surface area contributed by atoms with Gasteiger partial charge in [0.25, 0.3) is 0 Å². The molecule has 0 bridgehead atoms. The van der Waals surface area contributed by atoms with E-state index < -0.39 is 0 Å². The Morgan fingerprint density at radius 2 is 2.06 bits per heavy atom. The van der Waals surface area contributed by atoms with Crippen LogP contribution in [0.4, 0.5) is 0 Å². The van der Waals surface area contributed by atoms with E-state index in [1.165, 1.54) is 24.0 Å². The van der Waals surface area contributed by atoms with E-state index in [4.69, 9.17) is 12.2 Å². The van der Waals surface area contributed by atoms with Crippen molar-refractivity contribution in [2.45, 2.75) is 31.2 Å². The Labute approximate surface area is 104 Å². The normalized spacial score (nSPS) is 16.5. The minimum absolute atomic E-state index is 0.219. The molecule has 1 atom stereocenters. The van der Waals surface area contributed by atoms with Crippen LogP contribution in [-0.2, 0) is 0 Å². The van der Waals surface area contributed by atoms with E-state index in [0.717, 1.165) is 18.9 Å². The van der Waals surface area contributed by atoms with Gasteiger partial charge in [0.05, 0.1) is 0 Å². The Morgan fingerprint density at radius 1 is 1.35 bits per heavy atom. The maximum absolute atomic E-state index is 5.78. The summed E-state index contributed by atoms with van der Waals surface area (Å²) in [6.45, 7) is 1.43. The molecule has 0 heterocycles. The van der Waals surface area contributed by atoms with Crippen LogP contribution in [0, 0.1) is 12.3 Å². The van der Waals surface area contributed by atoms with Crippen LogP contribution in [0.5, 0.6) is 0 Å². The Bertz CT molecular complexity index is 384. The molecule has 17 heavy (non-hydrogen) atoms. The summed E-state index contributed by atoms with van der Waals surface area (Å²) in [6, 6.07) is 9.07. The molecule has 1 aliphatic rings. The van der Waals surface area contributed by atoms with Gasteiger partial charge in [-0.15, -0.1) is 12.3 Å². The van der Waals surface area contributed by atoms with Gasteiger partial charge in [-0.2, -0.15) is 0 Å². The minimum Gasteiger partial charge on any atom is -0.329 e. The van der Waals surface area contributed by atoms with Crippen molar-refractivity contribution in [1.82, 2.24) is 5.32 Å². The van der Waals surface area contributed by atoms with Crippen LogP contribution in [0.1, 0.15) is 42.3 Å². The first-order valence-corrected chi connectivity index (χ1v) is 6.32. The van der Waals surface area contributed by atoms with Crippen molar-refractivity contribution >= 4 is 0 Å². The van der Waals surface area contributed by atoms with Crippen molar-refractivity contribution in [3.63, 3.8) is 0 Å². The van der Waals surface area contributed by atoms with Gasteiger partial charge in [0.15, 0.2) is 0 Å². The molecule has 0 aromatic heterocycles. The Balaban J connectivity index is 1.95. The first-order chi connectivity index (χ1) is 8.35. The lowest BCUT2D eigenvalue weighted by molar-refractivity contribution is 0.550. The van der Waals surface area contributed by atoms with E-state index in [1.807, 2.05) is 0 Å². The smallest absolute Gasteiger partial charge is 0.0444 e. The van der Waals surface area contributed by atoms with Gasteiger partial charge < -0.3 is 11.1 Å². The average Bonchev–Trinajstić information content (AvgIpc) is 3.19. The van der Waals surface area contributed by atoms with Gasteiger partial charge in [-0.25, -0.2) is 0 Å². The van der Waals surface area contributed by atoms with E-state index in [1.54, 1.807) is 0 Å². The molecule has 0 radical (unpaired) electrons. The minimum atomic E-state index is 0.219. The van der Waals surface area contributed by atoms with Gasteiger partial charge in [0.2, 0.25) is 0 Å². The van der Waals surface area contributed by atoms with Gasteiger partial charge >= 0.3 is 0 Å². The van der Waals surface area contributed by atoms with Crippen molar-refractivity contribution in [3.8, 4) is 12.3 Å². The van der Waals surface area contributed by atoms with Crippen molar-refractivity contribution in [1.29, 1.82) is 0 Å². The molecular formula is C15H20N2. The predicted octanol–water partition coefficient (Wildman–Crippen LogP) is 2.18. The lowest BCUT2D eigenvalue weighted by atomic mass is 10.0. The second kappa shape index (κ2) is 5.86. The summed E-state index contributed by atoms with van der Waals surface area (Å²) in [5, 5.41) is 3.38. The summed E-state index contributed by atoms with van der Waals surface area (Å²) in [5.74, 6) is 3.44. The zero-order chi connectivity index (χ0) is 12.1. The van der Waals surface area contributed by atoms with E-state index in [2.05, 4.69) is 35.5 Å². The van der Waals surface area contributed by atoms with E-state index in [-0.39, 0.29) is 6.04 Å². The highest BCUT2D eigenvalue weighted by Gasteiger charge is 2.23. The summed E-state index contributed by atoms with van der Waals surface area (Å²) in [4.78, 5) is 0. The Morgan fingerprint density at radius 3 is 2.59 bits per heavy atom. The molecule has 1 aromatic carbocycles. The molecule has 1 saturated carbocycles. The molecule has 0 saturated heterocycles. The lowest BCUT2D eigenvalue weighted by Gasteiger charge is -2.17. The van der Waals surface area contributed by atoms with Crippen molar-refractivity contribution in [2.75, 3.05) is 13.1 Å². The molecule has 3 N–H and O–H groups in total. The fraction of sp³-hybridized carbons (Fsp3) is 0.467. The van der Waals surface area contributed by atoms with Crippen LogP contribution in [0.3, 0.4) is 0 Å². The highest BCUT2D eigenvalue weighted by Crippen LogP contribution is 2.40. The molecule has 2 nitrogen and oxygen atoms in total. The fourth-order valence-corrected chi connectivity index (χ4v) is 2.07. The van der Waals surface area contributed by atoms with Gasteiger partial charge in [0, 0.05) is 25.6 Å². The average molecular weight is 228 g/mol. The van der Waals surface area contributed by atoms with Gasteiger partial charge in [-0.1, -0.05) is 24.3 Å². The molecule has 0 amide bonds. The zero-order valence-corrected chi connectivity index (χ0v) is 10.2. The number of benzene rings is 1. The van der Waals surface area contributed by atoms with Crippen molar-refractivity contribution in [3.05, 3.63) is 35.4 Å². The molecule has 1 fully saturated rings. The Hall–Kier alpha value is -1.30. The topological polar surface area (TPSA) is 38.0 Å². The maximum atomic E-state index is 5.78. The molecule has 90 valence electrons. The van der Waals surface area contributed by atoms with Crippen molar-refractivity contribution in [2.24, 2.45) is 5.73 Å². The quantitative estimate of drug-likeness (QED) is 0.578. The second-order valence-electron chi connectivity index (χ2n) is 4.64. The van der Waals surface area contributed by atoms with Gasteiger partial charge in [-0.3, -0.25) is 0 Å². The number of rotatable bonds is 6. The predicted molar refractivity (Wildman–Crippen MR) is 71.7 cm³/mol. The largest absolute Gasteiger partial charge is 0.329 e. The summed E-state index contributed by atoms with van der Waals surface area (Å²) in [6.07, 6.45) is 8.68. The van der Waals surface area contributed by atoms with Gasteiger partial charge in [-0.05, 0) is 29.9 Å². The molecule has 1 aromatic rings. The molecule has 1 aliphatic carbocycles. The number of hydrogen-bond acceptors (Lipinski definition) is 2. The van der Waals surface area contributed by atoms with Crippen molar-refractivity contribution < 1.29 is 0 Å². The number of hydrogen-bond donors (Lipinski definition) is 2. The Kier molecular flexibility index (Phi) is 4.19. The van der Waals surface area contributed by atoms with Crippen LogP contribution < -0.4 is 11.1 Å². The highest BCUT2D eigenvalue weighted by molar-refractivity contribution is 5.29. The highest BCUT2D eigenvalue weighted by atomic mass is 14.9.